The van der Waals surface area contributed by atoms with Crippen molar-refractivity contribution in [2.45, 2.75) is 44.7 Å². The van der Waals surface area contributed by atoms with E-state index >= 15 is 0 Å². The minimum absolute atomic E-state index is 0.165. The van der Waals surface area contributed by atoms with Crippen LogP contribution in [-0.4, -0.2) is 46.5 Å². The van der Waals surface area contributed by atoms with Crippen molar-refractivity contribution in [3.05, 3.63) is 65.2 Å². The molecule has 39 heavy (non-hydrogen) atoms. The van der Waals surface area contributed by atoms with Crippen LogP contribution in [0.2, 0.25) is 0 Å². The van der Waals surface area contributed by atoms with E-state index < -0.39 is 44.9 Å². The normalized spacial score (nSPS) is 16.6. The maximum atomic E-state index is 13.2. The SMILES string of the molecule is CC(C)(C)C(=O)OC(COc1ccc(CC2SC(=O)NC2=O)cc1)c1cccc(C(F)(F)F)c1.O=S(=O)(O)O. The van der Waals surface area contributed by atoms with E-state index in [1.807, 2.05) is 0 Å². The first-order valence-electron chi connectivity index (χ1n) is 11.1. The molecule has 1 saturated heterocycles. The zero-order valence-electron chi connectivity index (χ0n) is 20.9. The lowest BCUT2D eigenvalue weighted by Gasteiger charge is -2.24. The Morgan fingerprint density at radius 2 is 1.67 bits per heavy atom. The summed E-state index contributed by atoms with van der Waals surface area (Å²) in [6.45, 7) is 4.75. The number of thioether (sulfide) groups is 1. The van der Waals surface area contributed by atoms with Crippen LogP contribution in [0, 0.1) is 5.41 Å². The Balaban J connectivity index is 0.000000976. The second kappa shape index (κ2) is 12.8. The number of hydrogen-bond donors (Lipinski definition) is 3. The van der Waals surface area contributed by atoms with E-state index in [0.29, 0.717) is 12.2 Å². The molecule has 0 spiro atoms. The molecule has 214 valence electrons. The van der Waals surface area contributed by atoms with Crippen molar-refractivity contribution in [1.82, 2.24) is 5.32 Å². The monoisotopic (exact) mass is 593 g/mol. The molecule has 0 saturated carbocycles. The molecule has 0 radical (unpaired) electrons. The van der Waals surface area contributed by atoms with Crippen LogP contribution in [0.15, 0.2) is 48.5 Å². The van der Waals surface area contributed by atoms with Gasteiger partial charge in [0.2, 0.25) is 5.91 Å². The molecule has 2 amide bonds. The van der Waals surface area contributed by atoms with E-state index in [-0.39, 0.29) is 23.3 Å². The number of imide groups is 1. The molecule has 2 atom stereocenters. The molecule has 2 unspecified atom stereocenters. The highest BCUT2D eigenvalue weighted by Gasteiger charge is 2.33. The molecule has 0 bridgehead atoms. The smallest absolute Gasteiger partial charge is 0.416 e. The standard InChI is InChI=1S/C24H24F3NO5S.H2O4S/c1-23(2,3)21(30)33-18(15-5-4-6-16(12-15)24(25,26)27)13-32-17-9-7-14(8-10-17)11-19-20(29)28-22(31)34-19;1-5(2,3)4/h4-10,12,18-19H,11,13H2,1-3H3,(H,28,29,31);(H2,1,2,3,4). The van der Waals surface area contributed by atoms with Gasteiger partial charge >= 0.3 is 22.5 Å². The first-order chi connectivity index (χ1) is 17.8. The molecule has 2 aromatic carbocycles. The van der Waals surface area contributed by atoms with E-state index in [0.717, 1.165) is 29.5 Å². The van der Waals surface area contributed by atoms with Crippen LogP contribution in [0.25, 0.3) is 0 Å². The summed E-state index contributed by atoms with van der Waals surface area (Å²) in [5.41, 5.74) is -0.729. The molecule has 2 aromatic rings. The van der Waals surface area contributed by atoms with Gasteiger partial charge in [-0.2, -0.15) is 21.6 Å². The van der Waals surface area contributed by atoms with Gasteiger partial charge in [-0.05, 0) is 62.6 Å². The van der Waals surface area contributed by atoms with Gasteiger partial charge in [-0.25, -0.2) is 0 Å². The van der Waals surface area contributed by atoms with E-state index in [9.17, 15) is 27.6 Å². The van der Waals surface area contributed by atoms with Gasteiger partial charge in [0, 0.05) is 0 Å². The molecule has 15 heteroatoms. The number of nitrogens with one attached hydrogen (secondary N) is 1. The average Bonchev–Trinajstić information content (AvgIpc) is 3.11. The second-order valence-electron chi connectivity index (χ2n) is 9.26. The van der Waals surface area contributed by atoms with Gasteiger partial charge in [-0.1, -0.05) is 36.0 Å². The number of amides is 2. The Kier molecular flexibility index (Phi) is 10.5. The third kappa shape index (κ3) is 11.2. The molecule has 10 nitrogen and oxygen atoms in total. The van der Waals surface area contributed by atoms with E-state index in [4.69, 9.17) is 27.0 Å². The number of esters is 1. The number of alkyl halides is 3. The number of carbonyl (C=O) groups is 3. The molecule has 1 aliphatic rings. The largest absolute Gasteiger partial charge is 0.489 e. The minimum Gasteiger partial charge on any atom is -0.489 e. The van der Waals surface area contributed by atoms with Crippen LogP contribution in [0.4, 0.5) is 18.0 Å². The molecule has 0 aromatic heterocycles. The summed E-state index contributed by atoms with van der Waals surface area (Å²) in [4.78, 5) is 35.5. The number of carbonyl (C=O) groups excluding carboxylic acids is 3. The summed E-state index contributed by atoms with van der Waals surface area (Å²) in [6, 6.07) is 11.3. The molecule has 3 rings (SSSR count). The second-order valence-corrected chi connectivity index (χ2v) is 11.3. The van der Waals surface area contributed by atoms with Crippen molar-refractivity contribution in [1.29, 1.82) is 0 Å². The third-order valence-electron chi connectivity index (χ3n) is 4.96. The maximum absolute atomic E-state index is 13.2. The van der Waals surface area contributed by atoms with E-state index in [1.165, 1.54) is 12.1 Å². The van der Waals surface area contributed by atoms with Crippen molar-refractivity contribution in [3.63, 3.8) is 0 Å². The molecule has 1 heterocycles. The highest BCUT2D eigenvalue weighted by molar-refractivity contribution is 8.15. The fourth-order valence-electron chi connectivity index (χ4n) is 3.05. The summed E-state index contributed by atoms with van der Waals surface area (Å²) >= 11 is 0.935. The molecule has 0 aliphatic carbocycles. The Morgan fingerprint density at radius 3 is 2.15 bits per heavy atom. The lowest BCUT2D eigenvalue weighted by atomic mass is 9.97. The summed E-state index contributed by atoms with van der Waals surface area (Å²) in [5, 5.41) is 1.36. The zero-order valence-corrected chi connectivity index (χ0v) is 22.5. The molecule has 1 fully saturated rings. The van der Waals surface area contributed by atoms with E-state index in [1.54, 1.807) is 45.0 Å². The highest BCUT2D eigenvalue weighted by Crippen LogP contribution is 2.33. The van der Waals surface area contributed by atoms with Crippen LogP contribution in [-0.2, 0) is 37.3 Å². The molecular formula is C24H26F3NO9S2. The number of benzene rings is 2. The van der Waals surface area contributed by atoms with Crippen molar-refractivity contribution in [3.8, 4) is 5.75 Å². The topological polar surface area (TPSA) is 156 Å². The summed E-state index contributed by atoms with van der Waals surface area (Å²) in [7, 11) is -4.67. The van der Waals surface area contributed by atoms with Crippen LogP contribution >= 0.6 is 11.8 Å². The predicted octanol–water partition coefficient (Wildman–Crippen LogP) is 4.66. The Labute approximate surface area is 226 Å². The molecule has 3 N–H and O–H groups in total. The lowest BCUT2D eigenvalue weighted by Crippen LogP contribution is -2.27. The van der Waals surface area contributed by atoms with Crippen LogP contribution in [0.3, 0.4) is 0 Å². The Bertz CT molecular complexity index is 1280. The summed E-state index contributed by atoms with van der Waals surface area (Å²) in [5.74, 6) is -0.497. The Morgan fingerprint density at radius 1 is 1.08 bits per heavy atom. The first kappa shape index (κ1) is 32.1. The van der Waals surface area contributed by atoms with Gasteiger partial charge in [0.25, 0.3) is 5.24 Å². The van der Waals surface area contributed by atoms with Crippen LogP contribution in [0.1, 0.15) is 43.6 Å². The minimum atomic E-state index is -4.67. The van der Waals surface area contributed by atoms with E-state index in [2.05, 4.69) is 5.32 Å². The van der Waals surface area contributed by atoms with Gasteiger partial charge in [0.05, 0.1) is 16.2 Å². The Hall–Kier alpha value is -3.14. The summed E-state index contributed by atoms with van der Waals surface area (Å²) in [6.07, 6.45) is -5.23. The fraction of sp³-hybridized carbons (Fsp3) is 0.375. The first-order valence-corrected chi connectivity index (χ1v) is 13.4. The van der Waals surface area contributed by atoms with Gasteiger partial charge in [-0.3, -0.25) is 28.8 Å². The highest BCUT2D eigenvalue weighted by atomic mass is 32.3. The predicted molar refractivity (Wildman–Crippen MR) is 134 cm³/mol. The summed E-state index contributed by atoms with van der Waals surface area (Å²) < 4.78 is 82.4. The van der Waals surface area contributed by atoms with Gasteiger partial charge in [-0.15, -0.1) is 0 Å². The van der Waals surface area contributed by atoms with Crippen molar-refractivity contribution in [2.24, 2.45) is 5.41 Å². The van der Waals surface area contributed by atoms with Crippen molar-refractivity contribution >= 4 is 39.3 Å². The fourth-order valence-corrected chi connectivity index (χ4v) is 3.91. The quantitative estimate of drug-likeness (QED) is 0.305. The van der Waals surface area contributed by atoms with Gasteiger partial charge in [0.15, 0.2) is 6.10 Å². The zero-order chi connectivity index (χ0) is 29.6. The molecular weight excluding hydrogens is 567 g/mol. The third-order valence-corrected chi connectivity index (χ3v) is 5.94. The number of hydrogen-bond acceptors (Lipinski definition) is 8. The number of halogens is 3. The lowest BCUT2D eigenvalue weighted by molar-refractivity contribution is -0.160. The van der Waals surface area contributed by atoms with Crippen molar-refractivity contribution < 1.29 is 54.6 Å². The van der Waals surface area contributed by atoms with Gasteiger partial charge in [0.1, 0.15) is 12.4 Å². The maximum Gasteiger partial charge on any atom is 0.416 e. The molecule has 1 aliphatic heterocycles. The number of ether oxygens (including phenoxy) is 2. The van der Waals surface area contributed by atoms with Gasteiger partial charge < -0.3 is 9.47 Å². The van der Waals surface area contributed by atoms with Crippen molar-refractivity contribution in [2.75, 3.05) is 6.61 Å². The average molecular weight is 594 g/mol. The van der Waals surface area contributed by atoms with Crippen LogP contribution < -0.4 is 10.1 Å². The number of rotatable bonds is 7. The van der Waals surface area contributed by atoms with Crippen LogP contribution in [0.5, 0.6) is 5.75 Å².